The van der Waals surface area contributed by atoms with Gasteiger partial charge < -0.3 is 10.2 Å². The van der Waals surface area contributed by atoms with Gasteiger partial charge in [0.2, 0.25) is 5.69 Å². The molecule has 0 aliphatic carbocycles. The summed E-state index contributed by atoms with van der Waals surface area (Å²) in [5.74, 6) is -1.88. The normalized spacial score (nSPS) is 10.4. The first-order valence-corrected chi connectivity index (χ1v) is 5.17. The molecule has 0 fully saturated rings. The zero-order valence-corrected chi connectivity index (χ0v) is 9.77. The number of aromatic hydroxyl groups is 1. The van der Waals surface area contributed by atoms with E-state index in [0.717, 1.165) is 10.9 Å². The van der Waals surface area contributed by atoms with Gasteiger partial charge in [0.25, 0.3) is 5.69 Å². The van der Waals surface area contributed by atoms with Gasteiger partial charge in [-0.05, 0) is 13.0 Å². The van der Waals surface area contributed by atoms with Gasteiger partial charge in [0.05, 0.1) is 16.8 Å². The van der Waals surface area contributed by atoms with Crippen LogP contribution in [-0.4, -0.2) is 30.9 Å². The summed E-state index contributed by atoms with van der Waals surface area (Å²) in [5, 5.41) is 32.6. The van der Waals surface area contributed by atoms with Crippen molar-refractivity contribution in [2.45, 2.75) is 6.92 Å². The highest BCUT2D eigenvalue weighted by atomic mass is 16.6. The molecule has 8 nitrogen and oxygen atoms in total. The number of hydrogen-bond donors (Lipinski definition) is 2. The number of aromatic nitrogens is 2. The van der Waals surface area contributed by atoms with E-state index >= 15 is 0 Å². The third-order valence-corrected chi connectivity index (χ3v) is 2.55. The molecule has 0 aliphatic heterocycles. The Hall–Kier alpha value is -2.90. The second-order valence-corrected chi connectivity index (χ2v) is 3.84. The fraction of sp³-hybridized carbons (Fsp3) is 0.0909. The van der Waals surface area contributed by atoms with Crippen LogP contribution in [0, 0.1) is 17.0 Å². The van der Waals surface area contributed by atoms with Crippen molar-refractivity contribution in [1.29, 1.82) is 0 Å². The number of nitrogens with zero attached hydrogens (tertiary/aromatic N) is 3. The molecule has 0 saturated carbocycles. The molecule has 0 amide bonds. The molecule has 98 valence electrons. The minimum Gasteiger partial charge on any atom is -0.504 e. The molecule has 2 N–H and O–H groups in total. The maximum Gasteiger partial charge on any atom is 0.360 e. The van der Waals surface area contributed by atoms with E-state index in [9.17, 15) is 20.0 Å². The van der Waals surface area contributed by atoms with Crippen molar-refractivity contribution in [2.24, 2.45) is 0 Å². The second-order valence-electron chi connectivity index (χ2n) is 3.84. The fourth-order valence-corrected chi connectivity index (χ4v) is 1.59. The summed E-state index contributed by atoms with van der Waals surface area (Å²) >= 11 is 0. The SMILES string of the molecule is Cc1ccc(-n2cc(O)c(C(=O)O)n2)cc1[N+](=O)[O-]. The lowest BCUT2D eigenvalue weighted by Gasteiger charge is -2.02. The molecular weight excluding hydrogens is 254 g/mol. The zero-order valence-electron chi connectivity index (χ0n) is 9.77. The Morgan fingerprint density at radius 3 is 2.68 bits per heavy atom. The first kappa shape index (κ1) is 12.6. The van der Waals surface area contributed by atoms with Gasteiger partial charge in [0, 0.05) is 11.6 Å². The lowest BCUT2D eigenvalue weighted by atomic mass is 10.2. The van der Waals surface area contributed by atoms with E-state index < -0.39 is 22.3 Å². The van der Waals surface area contributed by atoms with Gasteiger partial charge in [-0.3, -0.25) is 10.1 Å². The van der Waals surface area contributed by atoms with Crippen LogP contribution < -0.4 is 0 Å². The van der Waals surface area contributed by atoms with Crippen LogP contribution >= 0.6 is 0 Å². The van der Waals surface area contributed by atoms with E-state index in [1.165, 1.54) is 12.1 Å². The highest BCUT2D eigenvalue weighted by Gasteiger charge is 2.17. The Bertz CT molecular complexity index is 677. The number of rotatable bonds is 3. The van der Waals surface area contributed by atoms with Crippen LogP contribution in [0.15, 0.2) is 24.4 Å². The van der Waals surface area contributed by atoms with E-state index in [-0.39, 0.29) is 5.69 Å². The van der Waals surface area contributed by atoms with Gasteiger partial charge in [-0.15, -0.1) is 0 Å². The Morgan fingerprint density at radius 1 is 1.47 bits per heavy atom. The predicted molar refractivity (Wildman–Crippen MR) is 63.6 cm³/mol. The molecule has 1 aromatic carbocycles. The monoisotopic (exact) mass is 263 g/mol. The molecule has 0 radical (unpaired) electrons. The van der Waals surface area contributed by atoms with Gasteiger partial charge in [0.15, 0.2) is 5.75 Å². The molecule has 2 rings (SSSR count). The van der Waals surface area contributed by atoms with Crippen LogP contribution in [0.2, 0.25) is 0 Å². The van der Waals surface area contributed by atoms with E-state index in [1.54, 1.807) is 13.0 Å². The van der Waals surface area contributed by atoms with Crippen LogP contribution in [-0.2, 0) is 0 Å². The molecule has 0 aliphatic rings. The van der Waals surface area contributed by atoms with Gasteiger partial charge in [-0.25, -0.2) is 9.48 Å². The number of carboxylic acid groups (broad SMARTS) is 1. The zero-order chi connectivity index (χ0) is 14.2. The molecule has 0 spiro atoms. The highest BCUT2D eigenvalue weighted by Crippen LogP contribution is 2.23. The van der Waals surface area contributed by atoms with E-state index in [1.807, 2.05) is 0 Å². The van der Waals surface area contributed by atoms with Crippen molar-refractivity contribution < 1.29 is 19.9 Å². The number of nitro benzene ring substituents is 1. The van der Waals surface area contributed by atoms with Crippen molar-refractivity contribution >= 4 is 11.7 Å². The molecule has 0 saturated heterocycles. The third kappa shape index (κ3) is 2.23. The second kappa shape index (κ2) is 4.41. The molecule has 8 heteroatoms. The number of hydrogen-bond acceptors (Lipinski definition) is 5. The molecule has 19 heavy (non-hydrogen) atoms. The van der Waals surface area contributed by atoms with E-state index in [4.69, 9.17) is 5.11 Å². The number of aryl methyl sites for hydroxylation is 1. The summed E-state index contributed by atoms with van der Waals surface area (Å²) in [6.45, 7) is 1.59. The van der Waals surface area contributed by atoms with E-state index in [0.29, 0.717) is 11.3 Å². The van der Waals surface area contributed by atoms with Gasteiger partial charge in [0.1, 0.15) is 0 Å². The summed E-state index contributed by atoms with van der Waals surface area (Å²) in [7, 11) is 0. The number of carbonyl (C=O) groups is 1. The molecule has 1 heterocycles. The first-order valence-electron chi connectivity index (χ1n) is 5.17. The van der Waals surface area contributed by atoms with Crippen LogP contribution in [0.4, 0.5) is 5.69 Å². The average molecular weight is 263 g/mol. The lowest BCUT2D eigenvalue weighted by Crippen LogP contribution is -2.02. The Labute approximate surface area is 106 Å². The van der Waals surface area contributed by atoms with Gasteiger partial charge in [-0.1, -0.05) is 6.07 Å². The Morgan fingerprint density at radius 2 is 2.16 bits per heavy atom. The Kier molecular flexibility index (Phi) is 2.91. The molecule has 2 aromatic rings. The number of aromatic carboxylic acids is 1. The van der Waals surface area contributed by atoms with Crippen molar-refractivity contribution in [3.63, 3.8) is 0 Å². The topological polar surface area (TPSA) is 118 Å². The molecule has 0 bridgehead atoms. The summed E-state index contributed by atoms with van der Waals surface area (Å²) in [6, 6.07) is 4.32. The summed E-state index contributed by atoms with van der Waals surface area (Å²) in [4.78, 5) is 21.0. The van der Waals surface area contributed by atoms with E-state index in [2.05, 4.69) is 5.10 Å². The molecule has 0 atom stereocenters. The minimum atomic E-state index is -1.38. The third-order valence-electron chi connectivity index (χ3n) is 2.55. The van der Waals surface area contributed by atoms with Gasteiger partial charge in [-0.2, -0.15) is 5.10 Å². The molecule has 0 unspecified atom stereocenters. The summed E-state index contributed by atoms with van der Waals surface area (Å²) in [6.07, 6.45) is 1.08. The highest BCUT2D eigenvalue weighted by molar-refractivity contribution is 5.88. The largest absolute Gasteiger partial charge is 0.504 e. The lowest BCUT2D eigenvalue weighted by molar-refractivity contribution is -0.385. The number of benzene rings is 1. The van der Waals surface area contributed by atoms with Crippen molar-refractivity contribution in [1.82, 2.24) is 9.78 Å². The number of nitro groups is 1. The van der Waals surface area contributed by atoms with Crippen molar-refractivity contribution in [3.05, 3.63) is 45.8 Å². The minimum absolute atomic E-state index is 0.107. The standard InChI is InChI=1S/C11H9N3O5/c1-6-2-3-7(4-8(6)14(18)19)13-5-9(15)10(12-13)11(16)17/h2-5,15H,1H3,(H,16,17). The maximum atomic E-state index is 10.8. The quantitative estimate of drug-likeness (QED) is 0.639. The molecular formula is C11H9N3O5. The van der Waals surface area contributed by atoms with Gasteiger partial charge >= 0.3 is 5.97 Å². The van der Waals surface area contributed by atoms with Crippen LogP contribution in [0.1, 0.15) is 16.1 Å². The average Bonchev–Trinajstić information content (AvgIpc) is 2.71. The van der Waals surface area contributed by atoms with Crippen molar-refractivity contribution in [3.8, 4) is 11.4 Å². The summed E-state index contributed by atoms with van der Waals surface area (Å²) in [5.41, 5.74) is 0.149. The predicted octanol–water partition coefficient (Wildman–Crippen LogP) is 1.49. The molecule has 1 aromatic heterocycles. The van der Waals surface area contributed by atoms with Crippen molar-refractivity contribution in [2.75, 3.05) is 0 Å². The maximum absolute atomic E-state index is 10.8. The number of carboxylic acids is 1. The Balaban J connectivity index is 2.53. The van der Waals surface area contributed by atoms with Crippen LogP contribution in [0.5, 0.6) is 5.75 Å². The smallest absolute Gasteiger partial charge is 0.360 e. The fourth-order valence-electron chi connectivity index (χ4n) is 1.59. The van der Waals surface area contributed by atoms with Crippen LogP contribution in [0.3, 0.4) is 0 Å². The first-order chi connectivity index (χ1) is 8.90. The summed E-state index contributed by atoms with van der Waals surface area (Å²) < 4.78 is 1.07. The van der Waals surface area contributed by atoms with Crippen LogP contribution in [0.25, 0.3) is 5.69 Å².